The highest BCUT2D eigenvalue weighted by Gasteiger charge is 2.28. The molecule has 1 saturated heterocycles. The summed E-state index contributed by atoms with van der Waals surface area (Å²) in [6, 6.07) is 1.81. The van der Waals surface area contributed by atoms with E-state index in [2.05, 4.69) is 0 Å². The highest BCUT2D eigenvalue weighted by molar-refractivity contribution is 7.89. The van der Waals surface area contributed by atoms with E-state index >= 15 is 0 Å². The Morgan fingerprint density at radius 1 is 1.32 bits per heavy atom. The number of amides is 1. The van der Waals surface area contributed by atoms with Gasteiger partial charge in [-0.25, -0.2) is 12.7 Å². The minimum Gasteiger partial charge on any atom is -0.337 e. The largest absolute Gasteiger partial charge is 0.337 e. The Bertz CT molecular complexity index is 584. The second-order valence-electron chi connectivity index (χ2n) is 5.85. The van der Waals surface area contributed by atoms with E-state index in [-0.39, 0.29) is 17.6 Å². The summed E-state index contributed by atoms with van der Waals surface area (Å²) < 4.78 is 26.4. The molecule has 124 valence electrons. The van der Waals surface area contributed by atoms with Crippen LogP contribution in [0.5, 0.6) is 0 Å². The molecular formula is C15H24N2O3S2. The van der Waals surface area contributed by atoms with Gasteiger partial charge in [0.1, 0.15) is 0 Å². The van der Waals surface area contributed by atoms with Gasteiger partial charge in [-0.05, 0) is 23.8 Å². The number of hydrogen-bond donors (Lipinski definition) is 0. The Kier molecular flexibility index (Phi) is 6.00. The van der Waals surface area contributed by atoms with E-state index in [1.165, 1.54) is 11.3 Å². The van der Waals surface area contributed by atoms with Gasteiger partial charge in [0.05, 0.1) is 11.3 Å². The summed E-state index contributed by atoms with van der Waals surface area (Å²) in [4.78, 5) is 14.1. The molecule has 1 amide bonds. The lowest BCUT2D eigenvalue weighted by Crippen LogP contribution is -2.39. The van der Waals surface area contributed by atoms with Crippen LogP contribution in [0.25, 0.3) is 0 Å². The molecule has 5 nitrogen and oxygen atoms in total. The minimum absolute atomic E-state index is 0.00224. The lowest BCUT2D eigenvalue weighted by molar-refractivity contribution is 0.0765. The molecule has 2 rings (SSSR count). The van der Waals surface area contributed by atoms with Gasteiger partial charge < -0.3 is 4.90 Å². The zero-order chi connectivity index (χ0) is 16.2. The third-order valence-corrected chi connectivity index (χ3v) is 6.92. The average molecular weight is 345 g/mol. The first-order valence-corrected chi connectivity index (χ1v) is 10.3. The molecule has 0 unspecified atom stereocenters. The van der Waals surface area contributed by atoms with Gasteiger partial charge in [0.15, 0.2) is 0 Å². The third-order valence-electron chi connectivity index (χ3n) is 4.10. The summed E-state index contributed by atoms with van der Waals surface area (Å²) >= 11 is 1.50. The molecule has 22 heavy (non-hydrogen) atoms. The van der Waals surface area contributed by atoms with Crippen molar-refractivity contribution in [2.24, 2.45) is 5.92 Å². The highest BCUT2D eigenvalue weighted by atomic mass is 32.2. The van der Waals surface area contributed by atoms with Crippen LogP contribution in [0, 0.1) is 5.92 Å². The zero-order valence-electron chi connectivity index (χ0n) is 13.2. The molecule has 0 radical (unpaired) electrons. The van der Waals surface area contributed by atoms with Crippen molar-refractivity contribution in [3.8, 4) is 0 Å². The number of carbonyl (C=O) groups is 1. The molecule has 1 atom stereocenters. The van der Waals surface area contributed by atoms with E-state index in [1.54, 1.807) is 9.21 Å². The molecular weight excluding hydrogens is 320 g/mol. The van der Waals surface area contributed by atoms with Gasteiger partial charge in [0, 0.05) is 31.6 Å². The fraction of sp³-hybridized carbons (Fsp3) is 0.667. The van der Waals surface area contributed by atoms with Crippen LogP contribution in [0.3, 0.4) is 0 Å². The van der Waals surface area contributed by atoms with Crippen LogP contribution in [0.2, 0.25) is 0 Å². The summed E-state index contributed by atoms with van der Waals surface area (Å²) in [5.74, 6) is 0.362. The Morgan fingerprint density at radius 2 is 2.09 bits per heavy atom. The summed E-state index contributed by atoms with van der Waals surface area (Å²) in [6.07, 6.45) is 1.55. The number of rotatable bonds is 5. The predicted octanol–water partition coefficient (Wildman–Crippen LogP) is 2.27. The van der Waals surface area contributed by atoms with Gasteiger partial charge in [-0.2, -0.15) is 11.3 Å². The van der Waals surface area contributed by atoms with Crippen LogP contribution in [-0.2, 0) is 10.0 Å². The molecule has 0 aliphatic carbocycles. The Labute approximate surface area is 137 Å². The smallest absolute Gasteiger partial charge is 0.254 e. The van der Waals surface area contributed by atoms with Crippen molar-refractivity contribution in [2.75, 3.05) is 31.9 Å². The lowest BCUT2D eigenvalue weighted by atomic mass is 10.2. The second-order valence-corrected chi connectivity index (χ2v) is 8.64. The highest BCUT2D eigenvalue weighted by Crippen LogP contribution is 2.16. The Balaban J connectivity index is 1.99. The molecule has 7 heteroatoms. The molecule has 0 spiro atoms. The first-order chi connectivity index (χ1) is 10.4. The predicted molar refractivity (Wildman–Crippen MR) is 89.7 cm³/mol. The van der Waals surface area contributed by atoms with Crippen LogP contribution in [0.15, 0.2) is 16.8 Å². The fourth-order valence-electron chi connectivity index (χ4n) is 2.53. The standard InChI is InChI=1S/C15H24N2O3S2/c1-3-13(2)12-22(19,20)17-7-4-6-16(8-9-17)15(18)14-5-10-21-11-14/h5,10-11,13H,3-4,6-9,12H2,1-2H3/t13-/m0/s1. The molecule has 2 heterocycles. The van der Waals surface area contributed by atoms with Crippen LogP contribution < -0.4 is 0 Å². The van der Waals surface area contributed by atoms with E-state index in [0.717, 1.165) is 6.42 Å². The van der Waals surface area contributed by atoms with Crippen LogP contribution in [-0.4, -0.2) is 55.5 Å². The van der Waals surface area contributed by atoms with Crippen LogP contribution in [0.1, 0.15) is 37.0 Å². The topological polar surface area (TPSA) is 57.7 Å². The summed E-state index contributed by atoms with van der Waals surface area (Å²) in [6.45, 7) is 5.95. The maximum Gasteiger partial charge on any atom is 0.254 e. The van der Waals surface area contributed by atoms with E-state index < -0.39 is 10.0 Å². The molecule has 0 aromatic carbocycles. The second kappa shape index (κ2) is 7.57. The number of sulfonamides is 1. The Morgan fingerprint density at radius 3 is 2.73 bits per heavy atom. The SMILES string of the molecule is CC[C@H](C)CS(=O)(=O)N1CCCN(C(=O)c2ccsc2)CC1. The molecule has 1 aromatic heterocycles. The van der Waals surface area contributed by atoms with Crippen LogP contribution >= 0.6 is 11.3 Å². The van der Waals surface area contributed by atoms with Gasteiger partial charge in [-0.3, -0.25) is 4.79 Å². The fourth-order valence-corrected chi connectivity index (χ4v) is 5.09. The van der Waals surface area contributed by atoms with Gasteiger partial charge in [0.2, 0.25) is 10.0 Å². The van der Waals surface area contributed by atoms with Crippen molar-refractivity contribution in [1.29, 1.82) is 0 Å². The monoisotopic (exact) mass is 344 g/mol. The van der Waals surface area contributed by atoms with Crippen molar-refractivity contribution < 1.29 is 13.2 Å². The normalized spacial score (nSPS) is 18.9. The Hall–Kier alpha value is -0.920. The van der Waals surface area contributed by atoms with Crippen molar-refractivity contribution >= 4 is 27.3 Å². The summed E-state index contributed by atoms with van der Waals surface area (Å²) in [5, 5.41) is 3.72. The first kappa shape index (κ1) is 17.4. The maximum atomic E-state index is 12.4. The summed E-state index contributed by atoms with van der Waals surface area (Å²) in [5.41, 5.74) is 0.695. The lowest BCUT2D eigenvalue weighted by Gasteiger charge is -2.22. The molecule has 0 bridgehead atoms. The molecule has 1 aliphatic rings. The van der Waals surface area contributed by atoms with Gasteiger partial charge >= 0.3 is 0 Å². The molecule has 1 aliphatic heterocycles. The first-order valence-electron chi connectivity index (χ1n) is 7.73. The zero-order valence-corrected chi connectivity index (χ0v) is 14.8. The van der Waals surface area contributed by atoms with Crippen LogP contribution in [0.4, 0.5) is 0 Å². The van der Waals surface area contributed by atoms with Crippen molar-refractivity contribution in [3.63, 3.8) is 0 Å². The van der Waals surface area contributed by atoms with E-state index in [4.69, 9.17) is 0 Å². The molecule has 0 saturated carbocycles. The number of thiophene rings is 1. The van der Waals surface area contributed by atoms with E-state index in [1.807, 2.05) is 30.7 Å². The van der Waals surface area contributed by atoms with Gasteiger partial charge in [0.25, 0.3) is 5.91 Å². The molecule has 1 aromatic rings. The summed E-state index contributed by atoms with van der Waals surface area (Å²) in [7, 11) is -3.22. The molecule has 1 fully saturated rings. The average Bonchev–Trinajstić information content (AvgIpc) is 2.89. The quantitative estimate of drug-likeness (QED) is 0.823. The van der Waals surface area contributed by atoms with E-state index in [0.29, 0.717) is 38.2 Å². The number of carbonyl (C=O) groups excluding carboxylic acids is 1. The van der Waals surface area contributed by atoms with Crippen molar-refractivity contribution in [1.82, 2.24) is 9.21 Å². The minimum atomic E-state index is -3.22. The third kappa shape index (κ3) is 4.30. The van der Waals surface area contributed by atoms with E-state index in [9.17, 15) is 13.2 Å². The van der Waals surface area contributed by atoms with Gasteiger partial charge in [-0.1, -0.05) is 20.3 Å². The van der Waals surface area contributed by atoms with Crippen molar-refractivity contribution in [2.45, 2.75) is 26.7 Å². The molecule has 0 N–H and O–H groups in total. The van der Waals surface area contributed by atoms with Crippen molar-refractivity contribution in [3.05, 3.63) is 22.4 Å². The number of hydrogen-bond acceptors (Lipinski definition) is 4. The maximum absolute atomic E-state index is 12.4. The van der Waals surface area contributed by atoms with Gasteiger partial charge in [-0.15, -0.1) is 0 Å². The number of nitrogens with zero attached hydrogens (tertiary/aromatic N) is 2.